The molecule has 4 rings (SSSR count). The van der Waals surface area contributed by atoms with Gasteiger partial charge in [-0.05, 0) is 67.6 Å². The summed E-state index contributed by atoms with van der Waals surface area (Å²) in [4.78, 5) is 0. The lowest BCUT2D eigenvalue weighted by Crippen LogP contribution is -2.23. The molecule has 4 saturated carbocycles. The molecule has 0 aromatic heterocycles. The van der Waals surface area contributed by atoms with Gasteiger partial charge >= 0.3 is 0 Å². The first kappa shape index (κ1) is 7.09. The SMILES string of the molecule is C=C1C[C@@H]2[C@H]3CC[C@H](C3)[C@@H]2C12CC2. The molecule has 13 heavy (non-hydrogen) atoms. The molecule has 0 aromatic rings. The fourth-order valence-electron chi connectivity index (χ4n) is 5.11. The molecular weight excluding hydrogens is 156 g/mol. The Labute approximate surface area is 80.4 Å². The molecule has 0 N–H and O–H groups in total. The van der Waals surface area contributed by atoms with E-state index in [1.165, 1.54) is 19.3 Å². The third-order valence-electron chi connectivity index (χ3n) is 5.70. The second kappa shape index (κ2) is 1.89. The highest BCUT2D eigenvalue weighted by molar-refractivity contribution is 5.31. The third-order valence-corrected chi connectivity index (χ3v) is 5.70. The van der Waals surface area contributed by atoms with E-state index < -0.39 is 0 Å². The maximum absolute atomic E-state index is 4.35. The van der Waals surface area contributed by atoms with E-state index in [0.29, 0.717) is 5.41 Å². The van der Waals surface area contributed by atoms with Crippen molar-refractivity contribution in [2.45, 2.75) is 38.5 Å². The molecule has 4 aliphatic rings. The summed E-state index contributed by atoms with van der Waals surface area (Å²) < 4.78 is 0. The van der Waals surface area contributed by atoms with Gasteiger partial charge < -0.3 is 0 Å². The molecule has 0 saturated heterocycles. The van der Waals surface area contributed by atoms with Crippen molar-refractivity contribution in [3.8, 4) is 0 Å². The number of hydrogen-bond acceptors (Lipinski definition) is 0. The zero-order valence-corrected chi connectivity index (χ0v) is 8.26. The lowest BCUT2D eigenvalue weighted by atomic mass is 9.76. The average Bonchev–Trinajstić information content (AvgIpc) is 2.52. The van der Waals surface area contributed by atoms with Crippen LogP contribution in [0.25, 0.3) is 0 Å². The van der Waals surface area contributed by atoms with Crippen molar-refractivity contribution in [3.63, 3.8) is 0 Å². The van der Waals surface area contributed by atoms with Crippen molar-refractivity contribution in [3.05, 3.63) is 12.2 Å². The van der Waals surface area contributed by atoms with Gasteiger partial charge in [-0.3, -0.25) is 0 Å². The number of allylic oxidation sites excluding steroid dienone is 1. The van der Waals surface area contributed by atoms with Crippen LogP contribution in [0.15, 0.2) is 12.2 Å². The highest BCUT2D eigenvalue weighted by Crippen LogP contribution is 2.74. The minimum Gasteiger partial charge on any atom is -0.0993 e. The van der Waals surface area contributed by atoms with Crippen LogP contribution in [0.3, 0.4) is 0 Å². The molecule has 0 unspecified atom stereocenters. The lowest BCUT2D eigenvalue weighted by molar-refractivity contribution is 0.204. The van der Waals surface area contributed by atoms with Crippen LogP contribution in [0.4, 0.5) is 0 Å². The van der Waals surface area contributed by atoms with Gasteiger partial charge in [0.05, 0.1) is 0 Å². The van der Waals surface area contributed by atoms with Crippen molar-refractivity contribution < 1.29 is 0 Å². The molecule has 0 aromatic carbocycles. The summed E-state index contributed by atoms with van der Waals surface area (Å²) >= 11 is 0. The predicted molar refractivity (Wildman–Crippen MR) is 53.2 cm³/mol. The molecule has 4 fully saturated rings. The largest absolute Gasteiger partial charge is 0.0993 e. The van der Waals surface area contributed by atoms with Gasteiger partial charge in [-0.2, -0.15) is 0 Å². The number of fused-ring (bicyclic) bond motifs is 6. The van der Waals surface area contributed by atoms with Gasteiger partial charge in [-0.25, -0.2) is 0 Å². The Morgan fingerprint density at radius 1 is 1.15 bits per heavy atom. The van der Waals surface area contributed by atoms with Gasteiger partial charge in [-0.15, -0.1) is 0 Å². The van der Waals surface area contributed by atoms with E-state index in [0.717, 1.165) is 23.7 Å². The van der Waals surface area contributed by atoms with Crippen LogP contribution in [0.1, 0.15) is 38.5 Å². The molecule has 4 atom stereocenters. The van der Waals surface area contributed by atoms with Gasteiger partial charge in [0.2, 0.25) is 0 Å². The maximum Gasteiger partial charge on any atom is -0.00563 e. The highest BCUT2D eigenvalue weighted by atomic mass is 14.7. The van der Waals surface area contributed by atoms with E-state index in [1.54, 1.807) is 24.8 Å². The second-order valence-electron chi connectivity index (χ2n) is 5.99. The summed E-state index contributed by atoms with van der Waals surface area (Å²) in [7, 11) is 0. The summed E-state index contributed by atoms with van der Waals surface area (Å²) in [5.41, 5.74) is 2.36. The van der Waals surface area contributed by atoms with Crippen LogP contribution in [-0.4, -0.2) is 0 Å². The van der Waals surface area contributed by atoms with Gasteiger partial charge in [0.15, 0.2) is 0 Å². The molecule has 1 spiro atoms. The van der Waals surface area contributed by atoms with E-state index in [9.17, 15) is 0 Å². The molecule has 0 aliphatic heterocycles. The van der Waals surface area contributed by atoms with Gasteiger partial charge in [-0.1, -0.05) is 12.2 Å². The van der Waals surface area contributed by atoms with Crippen LogP contribution in [0.5, 0.6) is 0 Å². The number of hydrogen-bond donors (Lipinski definition) is 0. The van der Waals surface area contributed by atoms with Crippen LogP contribution in [-0.2, 0) is 0 Å². The molecule has 0 heterocycles. The Kier molecular flexibility index (Phi) is 1.03. The molecule has 0 amide bonds. The van der Waals surface area contributed by atoms with Crippen molar-refractivity contribution in [1.82, 2.24) is 0 Å². The minimum absolute atomic E-state index is 0.713. The van der Waals surface area contributed by atoms with Crippen LogP contribution >= 0.6 is 0 Å². The third kappa shape index (κ3) is 0.639. The number of rotatable bonds is 0. The minimum atomic E-state index is 0.713. The van der Waals surface area contributed by atoms with E-state index in [4.69, 9.17) is 0 Å². The highest BCUT2D eigenvalue weighted by Gasteiger charge is 2.65. The molecule has 0 heteroatoms. The molecule has 0 nitrogen and oxygen atoms in total. The van der Waals surface area contributed by atoms with Crippen LogP contribution in [0.2, 0.25) is 0 Å². The predicted octanol–water partition coefficient (Wildman–Crippen LogP) is 3.39. The fourth-order valence-corrected chi connectivity index (χ4v) is 5.11. The summed E-state index contributed by atoms with van der Waals surface area (Å²) in [6.45, 7) is 4.35. The second-order valence-corrected chi connectivity index (χ2v) is 5.99. The van der Waals surface area contributed by atoms with Crippen molar-refractivity contribution >= 4 is 0 Å². The van der Waals surface area contributed by atoms with E-state index in [1.807, 2.05) is 0 Å². The zero-order chi connectivity index (χ0) is 8.63. The van der Waals surface area contributed by atoms with Crippen molar-refractivity contribution in [2.75, 3.05) is 0 Å². The first-order chi connectivity index (χ1) is 6.31. The van der Waals surface area contributed by atoms with Crippen molar-refractivity contribution in [2.24, 2.45) is 29.1 Å². The Morgan fingerprint density at radius 3 is 2.69 bits per heavy atom. The quantitative estimate of drug-likeness (QED) is 0.494. The Balaban J connectivity index is 1.80. The molecular formula is C13H18. The smallest absolute Gasteiger partial charge is 0.00563 e. The normalized spacial score (nSPS) is 54.6. The van der Waals surface area contributed by atoms with Crippen molar-refractivity contribution in [1.29, 1.82) is 0 Å². The standard InChI is InChI=1S/C13H18/c1-8-6-11-9-2-3-10(7-9)12(11)13(8)4-5-13/h9-12H,1-7H2/t9-,10+,11+,12-/m0/s1. The lowest BCUT2D eigenvalue weighted by Gasteiger charge is -2.28. The first-order valence-electron chi connectivity index (χ1n) is 5.99. The summed E-state index contributed by atoms with van der Waals surface area (Å²) in [6, 6.07) is 0. The molecule has 2 bridgehead atoms. The van der Waals surface area contributed by atoms with Crippen LogP contribution < -0.4 is 0 Å². The topological polar surface area (TPSA) is 0 Å². The van der Waals surface area contributed by atoms with E-state index in [2.05, 4.69) is 6.58 Å². The summed E-state index contributed by atoms with van der Waals surface area (Å²) in [5, 5.41) is 0. The summed E-state index contributed by atoms with van der Waals surface area (Å²) in [5.74, 6) is 4.44. The fraction of sp³-hybridized carbons (Fsp3) is 0.846. The van der Waals surface area contributed by atoms with Gasteiger partial charge in [0.1, 0.15) is 0 Å². The summed E-state index contributed by atoms with van der Waals surface area (Å²) in [6.07, 6.45) is 9.10. The van der Waals surface area contributed by atoms with Crippen LogP contribution in [0, 0.1) is 29.1 Å². The molecule has 4 aliphatic carbocycles. The van der Waals surface area contributed by atoms with E-state index in [-0.39, 0.29) is 0 Å². The Hall–Kier alpha value is -0.260. The monoisotopic (exact) mass is 174 g/mol. The Bertz CT molecular complexity index is 284. The first-order valence-corrected chi connectivity index (χ1v) is 5.99. The molecule has 0 radical (unpaired) electrons. The van der Waals surface area contributed by atoms with Gasteiger partial charge in [0.25, 0.3) is 0 Å². The Morgan fingerprint density at radius 2 is 1.92 bits per heavy atom. The molecule has 70 valence electrons. The average molecular weight is 174 g/mol. The van der Waals surface area contributed by atoms with Gasteiger partial charge in [0, 0.05) is 0 Å². The van der Waals surface area contributed by atoms with E-state index >= 15 is 0 Å². The maximum atomic E-state index is 4.35. The zero-order valence-electron chi connectivity index (χ0n) is 8.26.